The summed E-state index contributed by atoms with van der Waals surface area (Å²) in [6.45, 7) is 0. The van der Waals surface area contributed by atoms with E-state index < -0.39 is 5.97 Å². The van der Waals surface area contributed by atoms with E-state index in [9.17, 15) is 14.3 Å². The minimum absolute atomic E-state index is 0. The van der Waals surface area contributed by atoms with Crippen molar-refractivity contribution in [1.82, 2.24) is 0 Å². The molecule has 0 saturated heterocycles. The Morgan fingerprint density at radius 2 is 2.20 bits per heavy atom. The van der Waals surface area contributed by atoms with Gasteiger partial charge in [0.2, 0.25) is 0 Å². The quantitative estimate of drug-likeness (QED) is 0.315. The van der Waals surface area contributed by atoms with E-state index in [1.807, 2.05) is 0 Å². The summed E-state index contributed by atoms with van der Waals surface area (Å²) in [5.74, 6) is -1.08. The van der Waals surface area contributed by atoms with E-state index in [4.69, 9.17) is 0 Å². The third kappa shape index (κ3) is 10.7. The molecule has 0 heterocycles. The van der Waals surface area contributed by atoms with Crippen LogP contribution in [-0.2, 0) is 4.79 Å². The van der Waals surface area contributed by atoms with Crippen LogP contribution in [0.2, 0.25) is 0 Å². The summed E-state index contributed by atoms with van der Waals surface area (Å²) in [6, 6.07) is 0. The van der Waals surface area contributed by atoms with E-state index in [2.05, 4.69) is 0 Å². The summed E-state index contributed by atoms with van der Waals surface area (Å²) in [5.41, 5.74) is 0. The average Bonchev–Trinajstić information content (AvgIpc) is 1.80. The number of unbranched alkanes of at least 4 members (excludes halogenated alkanes) is 1. The summed E-state index contributed by atoms with van der Waals surface area (Å²) in [6.07, 6.45) is 2.61. The predicted molar refractivity (Wildman–Crippen MR) is 29.1 cm³/mol. The van der Waals surface area contributed by atoms with Crippen LogP contribution in [0.15, 0.2) is 12.4 Å². The molecule has 0 aliphatic rings. The fraction of sp³-hybridized carbons (Fsp3) is 0.500. The fourth-order valence-corrected chi connectivity index (χ4v) is 0.427. The van der Waals surface area contributed by atoms with Crippen LogP contribution in [0.5, 0.6) is 0 Å². The van der Waals surface area contributed by atoms with Gasteiger partial charge in [0.25, 0.3) is 0 Å². The van der Waals surface area contributed by atoms with Crippen LogP contribution in [0.3, 0.4) is 0 Å². The standard InChI is InChI=1S/C6H9FO2.Li/c7-5-3-1-2-4-6(8)9;/h3,5H,1-2,4H2,(H,8,9);/q;+1/p-1. The molecule has 10 heavy (non-hydrogen) atoms. The van der Waals surface area contributed by atoms with Gasteiger partial charge >= 0.3 is 18.9 Å². The number of carboxylic acids is 1. The first-order valence-corrected chi connectivity index (χ1v) is 2.72. The molecule has 52 valence electrons. The van der Waals surface area contributed by atoms with Crippen LogP contribution in [0.25, 0.3) is 0 Å². The van der Waals surface area contributed by atoms with Gasteiger partial charge in [-0.05, 0) is 19.3 Å². The Balaban J connectivity index is 0. The van der Waals surface area contributed by atoms with Crippen molar-refractivity contribution >= 4 is 5.97 Å². The zero-order valence-electron chi connectivity index (χ0n) is 5.97. The van der Waals surface area contributed by atoms with Gasteiger partial charge in [-0.25, -0.2) is 4.39 Å². The van der Waals surface area contributed by atoms with Crippen molar-refractivity contribution in [2.75, 3.05) is 0 Å². The van der Waals surface area contributed by atoms with Gasteiger partial charge in [0.15, 0.2) is 0 Å². The van der Waals surface area contributed by atoms with Gasteiger partial charge in [-0.2, -0.15) is 0 Å². The number of carbonyl (C=O) groups is 1. The van der Waals surface area contributed by atoms with E-state index in [1.54, 1.807) is 0 Å². The van der Waals surface area contributed by atoms with Crippen molar-refractivity contribution in [2.24, 2.45) is 0 Å². The molecule has 0 fully saturated rings. The van der Waals surface area contributed by atoms with Gasteiger partial charge in [0.1, 0.15) is 0 Å². The van der Waals surface area contributed by atoms with Crippen LogP contribution in [-0.4, -0.2) is 5.97 Å². The molecule has 0 aromatic carbocycles. The van der Waals surface area contributed by atoms with E-state index >= 15 is 0 Å². The third-order valence-electron chi connectivity index (χ3n) is 0.841. The average molecular weight is 138 g/mol. The molecular weight excluding hydrogens is 130 g/mol. The molecule has 0 N–H and O–H groups in total. The summed E-state index contributed by atoms with van der Waals surface area (Å²) < 4.78 is 11.2. The summed E-state index contributed by atoms with van der Waals surface area (Å²) in [5, 5.41) is 9.73. The number of hydrogen-bond acceptors (Lipinski definition) is 2. The van der Waals surface area contributed by atoms with Crippen molar-refractivity contribution in [3.63, 3.8) is 0 Å². The van der Waals surface area contributed by atoms with Gasteiger partial charge in [-0.15, -0.1) is 0 Å². The van der Waals surface area contributed by atoms with Crippen molar-refractivity contribution in [1.29, 1.82) is 0 Å². The number of hydrogen-bond donors (Lipinski definition) is 0. The number of rotatable bonds is 4. The molecule has 0 radical (unpaired) electrons. The first-order chi connectivity index (χ1) is 4.27. The van der Waals surface area contributed by atoms with Crippen molar-refractivity contribution in [3.8, 4) is 0 Å². The predicted octanol–water partition coefficient (Wildman–Crippen LogP) is -2.61. The monoisotopic (exact) mass is 138 g/mol. The normalized spacial score (nSPS) is 9.30. The number of carbonyl (C=O) groups excluding carboxylic acids is 1. The first-order valence-electron chi connectivity index (χ1n) is 2.72. The van der Waals surface area contributed by atoms with Crippen LogP contribution >= 0.6 is 0 Å². The summed E-state index contributed by atoms with van der Waals surface area (Å²) in [4.78, 5) is 9.73. The number of carboxylic acid groups (broad SMARTS) is 1. The minimum Gasteiger partial charge on any atom is -0.550 e. The van der Waals surface area contributed by atoms with Gasteiger partial charge in [-0.1, -0.05) is 6.08 Å². The number of halogens is 1. The van der Waals surface area contributed by atoms with E-state index in [0.717, 1.165) is 0 Å². The Labute approximate surface area is 71.3 Å². The molecule has 0 bridgehead atoms. The van der Waals surface area contributed by atoms with Crippen molar-refractivity contribution in [3.05, 3.63) is 12.4 Å². The zero-order valence-corrected chi connectivity index (χ0v) is 5.97. The second kappa shape index (κ2) is 8.74. The molecule has 4 heteroatoms. The SMILES string of the molecule is O=C([O-])CCCC=CF.[Li+]. The summed E-state index contributed by atoms with van der Waals surface area (Å²) in [7, 11) is 0. The Hall–Kier alpha value is -0.263. The van der Waals surface area contributed by atoms with Crippen LogP contribution < -0.4 is 24.0 Å². The fourth-order valence-electron chi connectivity index (χ4n) is 0.427. The van der Waals surface area contributed by atoms with Crippen LogP contribution in [0.1, 0.15) is 19.3 Å². The first kappa shape index (κ1) is 12.4. The molecular formula is C6H8FLiO2. The molecule has 0 saturated carbocycles. The Morgan fingerprint density at radius 1 is 1.60 bits per heavy atom. The molecule has 0 aromatic rings. The maximum absolute atomic E-state index is 11.2. The van der Waals surface area contributed by atoms with E-state index in [0.29, 0.717) is 19.2 Å². The van der Waals surface area contributed by atoms with Gasteiger partial charge in [0, 0.05) is 5.97 Å². The summed E-state index contributed by atoms with van der Waals surface area (Å²) >= 11 is 0. The molecule has 0 aromatic heterocycles. The molecule has 0 aliphatic carbocycles. The Kier molecular flexibility index (Phi) is 10.8. The third-order valence-corrected chi connectivity index (χ3v) is 0.841. The van der Waals surface area contributed by atoms with Crippen molar-refractivity contribution < 1.29 is 33.2 Å². The van der Waals surface area contributed by atoms with Gasteiger partial charge in [-0.3, -0.25) is 0 Å². The maximum atomic E-state index is 11.2. The molecule has 0 amide bonds. The van der Waals surface area contributed by atoms with Crippen LogP contribution in [0, 0.1) is 0 Å². The van der Waals surface area contributed by atoms with Gasteiger partial charge in [0.05, 0.1) is 6.33 Å². The number of allylic oxidation sites excluding steroid dienone is 1. The zero-order chi connectivity index (χ0) is 7.11. The molecule has 2 nitrogen and oxygen atoms in total. The smallest absolute Gasteiger partial charge is 0.550 e. The topological polar surface area (TPSA) is 40.1 Å². The molecule has 0 aliphatic heterocycles. The Bertz CT molecular complexity index is 114. The maximum Gasteiger partial charge on any atom is 1.00 e. The molecule has 0 atom stereocenters. The van der Waals surface area contributed by atoms with E-state index in [-0.39, 0.29) is 25.3 Å². The Morgan fingerprint density at radius 3 is 2.60 bits per heavy atom. The van der Waals surface area contributed by atoms with Crippen molar-refractivity contribution in [2.45, 2.75) is 19.3 Å². The number of aliphatic carboxylic acids is 1. The molecule has 0 spiro atoms. The molecule has 0 unspecified atom stereocenters. The van der Waals surface area contributed by atoms with Crippen LogP contribution in [0.4, 0.5) is 4.39 Å². The second-order valence-electron chi connectivity index (χ2n) is 1.63. The van der Waals surface area contributed by atoms with Gasteiger partial charge < -0.3 is 9.90 Å². The van der Waals surface area contributed by atoms with E-state index in [1.165, 1.54) is 6.08 Å². The second-order valence-corrected chi connectivity index (χ2v) is 1.63. The minimum atomic E-state index is -1.08. The molecule has 0 rings (SSSR count). The largest absolute Gasteiger partial charge is 1.00 e.